The fraction of sp³-hybridized carbons (Fsp3) is 0.385. The van der Waals surface area contributed by atoms with Gasteiger partial charge in [-0.1, -0.05) is 22.9 Å². The molecule has 1 aliphatic rings. The Morgan fingerprint density at radius 2 is 2.11 bits per heavy atom. The second kappa shape index (κ2) is 5.28. The van der Waals surface area contributed by atoms with Crippen LogP contribution in [0.3, 0.4) is 0 Å². The largest absolute Gasteiger partial charge is 0.343 e. The summed E-state index contributed by atoms with van der Waals surface area (Å²) in [6.07, 6.45) is 0.476. The fourth-order valence-electron chi connectivity index (χ4n) is 2.10. The van der Waals surface area contributed by atoms with Gasteiger partial charge in [0.1, 0.15) is 17.9 Å². The van der Waals surface area contributed by atoms with E-state index in [-0.39, 0.29) is 17.5 Å². The van der Waals surface area contributed by atoms with Crippen LogP contribution in [0.15, 0.2) is 22.7 Å². The number of anilines is 1. The van der Waals surface area contributed by atoms with E-state index in [1.54, 1.807) is 19.9 Å². The SMILES string of the molecule is CCC1NC(=O)C(C)N(c2cc(Br)ccc2F)C1=O. The summed E-state index contributed by atoms with van der Waals surface area (Å²) in [5.74, 6) is -1.08. The maximum Gasteiger partial charge on any atom is 0.250 e. The number of piperazine rings is 1. The van der Waals surface area contributed by atoms with E-state index >= 15 is 0 Å². The number of hydrogen-bond acceptors (Lipinski definition) is 2. The van der Waals surface area contributed by atoms with Gasteiger partial charge < -0.3 is 5.32 Å². The Morgan fingerprint density at radius 1 is 1.42 bits per heavy atom. The lowest BCUT2D eigenvalue weighted by Crippen LogP contribution is -2.62. The summed E-state index contributed by atoms with van der Waals surface area (Å²) in [5.41, 5.74) is 0.125. The Hall–Kier alpha value is -1.43. The lowest BCUT2D eigenvalue weighted by Gasteiger charge is -2.37. The van der Waals surface area contributed by atoms with E-state index in [1.165, 1.54) is 17.0 Å². The molecular weight excluding hydrogens is 315 g/mol. The van der Waals surface area contributed by atoms with Crippen LogP contribution < -0.4 is 10.2 Å². The highest BCUT2D eigenvalue weighted by Crippen LogP contribution is 2.28. The van der Waals surface area contributed by atoms with Crippen molar-refractivity contribution in [2.24, 2.45) is 0 Å². The highest BCUT2D eigenvalue weighted by molar-refractivity contribution is 9.10. The van der Waals surface area contributed by atoms with Crippen LogP contribution in [0.5, 0.6) is 0 Å². The first kappa shape index (κ1) is 14.0. The summed E-state index contributed by atoms with van der Waals surface area (Å²) in [5, 5.41) is 2.64. The third-order valence-corrected chi connectivity index (χ3v) is 3.69. The van der Waals surface area contributed by atoms with E-state index in [0.717, 1.165) is 0 Å². The summed E-state index contributed by atoms with van der Waals surface area (Å²) in [6, 6.07) is 3.01. The summed E-state index contributed by atoms with van der Waals surface area (Å²) in [4.78, 5) is 25.4. The summed E-state index contributed by atoms with van der Waals surface area (Å²) >= 11 is 3.24. The van der Waals surface area contributed by atoms with Crippen LogP contribution in [0.1, 0.15) is 20.3 Å². The number of nitrogens with zero attached hydrogens (tertiary/aromatic N) is 1. The van der Waals surface area contributed by atoms with Gasteiger partial charge in [-0.15, -0.1) is 0 Å². The van der Waals surface area contributed by atoms with Crippen LogP contribution in [0.25, 0.3) is 0 Å². The van der Waals surface area contributed by atoms with E-state index in [0.29, 0.717) is 10.9 Å². The topological polar surface area (TPSA) is 49.4 Å². The molecule has 1 heterocycles. The standard InChI is InChI=1S/C13H14BrFN2O2/c1-3-10-13(19)17(7(2)12(18)16-10)11-6-8(14)4-5-9(11)15/h4-7,10H,3H2,1-2H3,(H,16,18). The van der Waals surface area contributed by atoms with Crippen molar-refractivity contribution in [1.82, 2.24) is 5.32 Å². The van der Waals surface area contributed by atoms with Gasteiger partial charge in [-0.25, -0.2) is 4.39 Å². The zero-order chi connectivity index (χ0) is 14.2. The normalized spacial score (nSPS) is 23.5. The Bertz CT molecular complexity index is 535. The summed E-state index contributed by atoms with van der Waals surface area (Å²) < 4.78 is 14.6. The Kier molecular flexibility index (Phi) is 3.89. The van der Waals surface area contributed by atoms with E-state index in [9.17, 15) is 14.0 Å². The molecule has 1 aromatic carbocycles. The molecule has 0 radical (unpaired) electrons. The average molecular weight is 329 g/mol. The van der Waals surface area contributed by atoms with Gasteiger partial charge >= 0.3 is 0 Å². The molecule has 4 nitrogen and oxygen atoms in total. The van der Waals surface area contributed by atoms with Crippen molar-refractivity contribution in [2.45, 2.75) is 32.4 Å². The molecule has 0 saturated carbocycles. The molecule has 2 atom stereocenters. The van der Waals surface area contributed by atoms with Crippen molar-refractivity contribution < 1.29 is 14.0 Å². The molecule has 2 unspecified atom stereocenters. The molecule has 19 heavy (non-hydrogen) atoms. The molecule has 6 heteroatoms. The van der Waals surface area contributed by atoms with E-state index in [4.69, 9.17) is 0 Å². The number of halogens is 2. The molecule has 0 bridgehead atoms. The molecule has 102 valence electrons. The number of rotatable bonds is 2. The highest BCUT2D eigenvalue weighted by Gasteiger charge is 2.39. The number of amides is 2. The summed E-state index contributed by atoms with van der Waals surface area (Å²) in [6.45, 7) is 3.38. The number of carbonyl (C=O) groups is 2. The van der Waals surface area contributed by atoms with Crippen LogP contribution in [0.4, 0.5) is 10.1 Å². The van der Waals surface area contributed by atoms with Gasteiger partial charge in [0, 0.05) is 4.47 Å². The molecule has 0 aromatic heterocycles. The third-order valence-electron chi connectivity index (χ3n) is 3.19. The molecule has 1 fully saturated rings. The predicted octanol–water partition coefficient (Wildman–Crippen LogP) is 2.22. The predicted molar refractivity (Wildman–Crippen MR) is 73.3 cm³/mol. The monoisotopic (exact) mass is 328 g/mol. The summed E-state index contributed by atoms with van der Waals surface area (Å²) in [7, 11) is 0. The van der Waals surface area contributed by atoms with Gasteiger partial charge in [0.15, 0.2) is 0 Å². The molecule has 2 rings (SSSR count). The van der Waals surface area contributed by atoms with Crippen molar-refractivity contribution in [3.63, 3.8) is 0 Å². The Morgan fingerprint density at radius 3 is 2.74 bits per heavy atom. The molecule has 1 N–H and O–H groups in total. The smallest absolute Gasteiger partial charge is 0.250 e. The first-order valence-corrected chi connectivity index (χ1v) is 6.83. The first-order chi connectivity index (χ1) is 8.95. The fourth-order valence-corrected chi connectivity index (χ4v) is 2.45. The molecule has 1 saturated heterocycles. The number of benzene rings is 1. The Labute approximate surface area is 119 Å². The maximum atomic E-state index is 13.9. The maximum absolute atomic E-state index is 13.9. The second-order valence-corrected chi connectivity index (χ2v) is 5.37. The van der Waals surface area contributed by atoms with E-state index in [1.807, 2.05) is 0 Å². The van der Waals surface area contributed by atoms with Gasteiger partial charge in [0.2, 0.25) is 11.8 Å². The molecule has 1 aromatic rings. The van der Waals surface area contributed by atoms with Crippen molar-refractivity contribution >= 4 is 33.4 Å². The molecule has 0 aliphatic carbocycles. The van der Waals surface area contributed by atoms with Crippen molar-refractivity contribution in [2.75, 3.05) is 4.90 Å². The highest BCUT2D eigenvalue weighted by atomic mass is 79.9. The first-order valence-electron chi connectivity index (χ1n) is 6.04. The van der Waals surface area contributed by atoms with Gasteiger partial charge in [-0.3, -0.25) is 14.5 Å². The van der Waals surface area contributed by atoms with Crippen molar-refractivity contribution in [1.29, 1.82) is 0 Å². The number of hydrogen-bond donors (Lipinski definition) is 1. The zero-order valence-electron chi connectivity index (χ0n) is 10.6. The van der Waals surface area contributed by atoms with Crippen LogP contribution in [0, 0.1) is 5.82 Å². The lowest BCUT2D eigenvalue weighted by molar-refractivity contribution is -0.133. The zero-order valence-corrected chi connectivity index (χ0v) is 12.2. The lowest BCUT2D eigenvalue weighted by atomic mass is 10.1. The minimum atomic E-state index is -0.723. The van der Waals surface area contributed by atoms with Crippen molar-refractivity contribution in [3.8, 4) is 0 Å². The molecule has 0 spiro atoms. The Balaban J connectivity index is 2.47. The van der Waals surface area contributed by atoms with Gasteiger partial charge in [0.05, 0.1) is 5.69 Å². The van der Waals surface area contributed by atoms with Gasteiger partial charge in [-0.2, -0.15) is 0 Å². The molecule has 2 amide bonds. The van der Waals surface area contributed by atoms with E-state index < -0.39 is 17.9 Å². The van der Waals surface area contributed by atoms with E-state index in [2.05, 4.69) is 21.2 Å². The molecule has 1 aliphatic heterocycles. The number of nitrogens with one attached hydrogen (secondary N) is 1. The van der Waals surface area contributed by atoms with Crippen LogP contribution in [0.2, 0.25) is 0 Å². The van der Waals surface area contributed by atoms with Crippen LogP contribution >= 0.6 is 15.9 Å². The second-order valence-electron chi connectivity index (χ2n) is 4.45. The minimum absolute atomic E-state index is 0.125. The quantitative estimate of drug-likeness (QED) is 0.904. The van der Waals surface area contributed by atoms with Crippen LogP contribution in [-0.4, -0.2) is 23.9 Å². The minimum Gasteiger partial charge on any atom is -0.343 e. The molecular formula is C13H14BrFN2O2. The van der Waals surface area contributed by atoms with Gasteiger partial charge in [-0.05, 0) is 31.5 Å². The van der Waals surface area contributed by atoms with Crippen LogP contribution in [-0.2, 0) is 9.59 Å². The average Bonchev–Trinajstić information content (AvgIpc) is 2.38. The third kappa shape index (κ3) is 2.49. The van der Waals surface area contributed by atoms with Gasteiger partial charge in [0.25, 0.3) is 0 Å². The van der Waals surface area contributed by atoms with Crippen molar-refractivity contribution in [3.05, 3.63) is 28.5 Å². The number of carbonyl (C=O) groups excluding carboxylic acids is 2.